The van der Waals surface area contributed by atoms with Crippen molar-refractivity contribution < 1.29 is 5.11 Å². The smallest absolute Gasteiger partial charge is 0.0447 e. The molecule has 0 fully saturated rings. The fraction of sp³-hybridized carbons (Fsp3) is 0.455. The molecule has 0 amide bonds. The number of hydrogen-bond donors (Lipinski definition) is 2. The molecule has 0 aliphatic carbocycles. The number of hydrogen-bond acceptors (Lipinski definition) is 3. The third kappa shape index (κ3) is 3.01. The van der Waals surface area contributed by atoms with Gasteiger partial charge in [-0.25, -0.2) is 0 Å². The second kappa shape index (κ2) is 5.62. The number of nitrogens with zero attached hydrogens (tertiary/aromatic N) is 1. The Morgan fingerprint density at radius 1 is 1.43 bits per heavy atom. The van der Waals surface area contributed by atoms with E-state index in [0.717, 1.165) is 24.2 Å². The molecule has 0 bridgehead atoms. The zero-order chi connectivity index (χ0) is 10.4. The van der Waals surface area contributed by atoms with Gasteiger partial charge in [0.2, 0.25) is 0 Å². The molecule has 0 heterocycles. The van der Waals surface area contributed by atoms with Crippen LogP contribution in [0.1, 0.15) is 12.0 Å². The Kier molecular flexibility index (Phi) is 4.43. The summed E-state index contributed by atoms with van der Waals surface area (Å²) in [5, 5.41) is 8.72. The summed E-state index contributed by atoms with van der Waals surface area (Å²) < 4.78 is 0. The summed E-state index contributed by atoms with van der Waals surface area (Å²) in [5.74, 6) is 0. The van der Waals surface area contributed by atoms with E-state index in [9.17, 15) is 0 Å². The molecule has 0 atom stereocenters. The molecule has 3 N–H and O–H groups in total. The number of aliphatic hydroxyl groups excluding tert-OH is 1. The molecule has 1 aromatic carbocycles. The molecule has 1 rings (SSSR count). The van der Waals surface area contributed by atoms with Crippen molar-refractivity contribution in [3.8, 4) is 0 Å². The van der Waals surface area contributed by atoms with Crippen molar-refractivity contribution in [3.63, 3.8) is 0 Å². The van der Waals surface area contributed by atoms with Crippen LogP contribution in [0.15, 0.2) is 24.3 Å². The molecular weight excluding hydrogens is 176 g/mol. The van der Waals surface area contributed by atoms with Gasteiger partial charge in [0, 0.05) is 32.4 Å². The topological polar surface area (TPSA) is 49.5 Å². The van der Waals surface area contributed by atoms with Gasteiger partial charge in [0.25, 0.3) is 0 Å². The quantitative estimate of drug-likeness (QED) is 0.734. The highest BCUT2D eigenvalue weighted by Gasteiger charge is 2.00. The van der Waals surface area contributed by atoms with Gasteiger partial charge >= 0.3 is 0 Å². The lowest BCUT2D eigenvalue weighted by Gasteiger charge is -2.19. The molecule has 0 spiro atoms. The van der Waals surface area contributed by atoms with Crippen LogP contribution in [0.5, 0.6) is 0 Å². The van der Waals surface area contributed by atoms with E-state index in [2.05, 4.69) is 17.0 Å². The fourth-order valence-electron chi connectivity index (χ4n) is 1.36. The van der Waals surface area contributed by atoms with E-state index in [0.29, 0.717) is 6.54 Å². The maximum Gasteiger partial charge on any atom is 0.0447 e. The van der Waals surface area contributed by atoms with Crippen molar-refractivity contribution in [2.45, 2.75) is 13.0 Å². The monoisotopic (exact) mass is 194 g/mol. The van der Waals surface area contributed by atoms with Crippen molar-refractivity contribution in [1.29, 1.82) is 0 Å². The van der Waals surface area contributed by atoms with Crippen LogP contribution in [0.25, 0.3) is 0 Å². The van der Waals surface area contributed by atoms with E-state index in [4.69, 9.17) is 10.8 Å². The average Bonchev–Trinajstić information content (AvgIpc) is 2.26. The molecule has 0 aliphatic rings. The van der Waals surface area contributed by atoms with Crippen LogP contribution in [0.3, 0.4) is 0 Å². The summed E-state index contributed by atoms with van der Waals surface area (Å²) in [6.45, 7) is 1.67. The Hall–Kier alpha value is -1.06. The Bertz CT molecular complexity index is 276. The van der Waals surface area contributed by atoms with Gasteiger partial charge in [-0.05, 0) is 24.1 Å². The van der Waals surface area contributed by atoms with Gasteiger partial charge in [-0.15, -0.1) is 0 Å². The molecule has 0 aliphatic heterocycles. The summed E-state index contributed by atoms with van der Waals surface area (Å²) in [6.07, 6.45) is 0.795. The minimum atomic E-state index is 0.237. The lowest BCUT2D eigenvalue weighted by atomic mass is 10.2. The largest absolute Gasteiger partial charge is 0.396 e. The molecule has 0 saturated carbocycles. The molecule has 0 aromatic heterocycles. The van der Waals surface area contributed by atoms with Gasteiger partial charge in [0.05, 0.1) is 0 Å². The van der Waals surface area contributed by atoms with Crippen LogP contribution < -0.4 is 10.6 Å². The van der Waals surface area contributed by atoms with Crippen molar-refractivity contribution in [2.24, 2.45) is 5.73 Å². The highest BCUT2D eigenvalue weighted by atomic mass is 16.3. The minimum Gasteiger partial charge on any atom is -0.396 e. The number of nitrogens with two attached hydrogens (primary N) is 1. The van der Waals surface area contributed by atoms with Crippen LogP contribution in [0.4, 0.5) is 5.69 Å². The van der Waals surface area contributed by atoms with Crippen molar-refractivity contribution in [2.75, 3.05) is 25.1 Å². The van der Waals surface area contributed by atoms with Crippen molar-refractivity contribution >= 4 is 5.69 Å². The number of rotatable bonds is 5. The Labute approximate surface area is 85.2 Å². The normalized spacial score (nSPS) is 10.2. The molecule has 0 radical (unpaired) electrons. The minimum absolute atomic E-state index is 0.237. The third-order valence-corrected chi connectivity index (χ3v) is 2.24. The fourth-order valence-corrected chi connectivity index (χ4v) is 1.36. The molecule has 1 aromatic rings. The average molecular weight is 194 g/mol. The van der Waals surface area contributed by atoms with Crippen LogP contribution >= 0.6 is 0 Å². The molecular formula is C11H18N2O. The Balaban J connectivity index is 2.64. The zero-order valence-corrected chi connectivity index (χ0v) is 8.61. The summed E-state index contributed by atoms with van der Waals surface area (Å²) in [6, 6.07) is 8.16. The van der Waals surface area contributed by atoms with Gasteiger partial charge in [-0.2, -0.15) is 0 Å². The van der Waals surface area contributed by atoms with E-state index in [-0.39, 0.29) is 6.61 Å². The summed E-state index contributed by atoms with van der Waals surface area (Å²) >= 11 is 0. The van der Waals surface area contributed by atoms with Gasteiger partial charge in [0.1, 0.15) is 0 Å². The second-order valence-electron chi connectivity index (χ2n) is 3.37. The molecule has 0 unspecified atom stereocenters. The van der Waals surface area contributed by atoms with Gasteiger partial charge in [-0.1, -0.05) is 12.1 Å². The Morgan fingerprint density at radius 2 is 2.21 bits per heavy atom. The van der Waals surface area contributed by atoms with E-state index in [1.165, 1.54) is 0 Å². The first-order valence-electron chi connectivity index (χ1n) is 4.89. The second-order valence-corrected chi connectivity index (χ2v) is 3.37. The zero-order valence-electron chi connectivity index (χ0n) is 8.61. The van der Waals surface area contributed by atoms with Crippen LogP contribution in [-0.4, -0.2) is 25.3 Å². The SMILES string of the molecule is CN(CCCO)c1cccc(CN)c1. The molecule has 3 heteroatoms. The highest BCUT2D eigenvalue weighted by molar-refractivity contribution is 5.47. The first-order valence-corrected chi connectivity index (χ1v) is 4.89. The summed E-state index contributed by atoms with van der Waals surface area (Å²) in [4.78, 5) is 2.12. The molecule has 0 saturated heterocycles. The third-order valence-electron chi connectivity index (χ3n) is 2.24. The molecule has 14 heavy (non-hydrogen) atoms. The summed E-state index contributed by atoms with van der Waals surface area (Å²) in [7, 11) is 2.02. The van der Waals surface area contributed by atoms with E-state index in [1.807, 2.05) is 19.2 Å². The Morgan fingerprint density at radius 3 is 2.86 bits per heavy atom. The standard InChI is InChI=1S/C11H18N2O/c1-13(6-3-7-14)11-5-2-4-10(8-11)9-12/h2,4-5,8,14H,3,6-7,9,12H2,1H3. The van der Waals surface area contributed by atoms with E-state index >= 15 is 0 Å². The lowest BCUT2D eigenvalue weighted by molar-refractivity contribution is 0.290. The molecule has 78 valence electrons. The first kappa shape index (κ1) is 11.0. The number of anilines is 1. The predicted octanol–water partition coefficient (Wildman–Crippen LogP) is 0.964. The van der Waals surface area contributed by atoms with Crippen LogP contribution in [0.2, 0.25) is 0 Å². The first-order chi connectivity index (χ1) is 6.77. The van der Waals surface area contributed by atoms with E-state index in [1.54, 1.807) is 0 Å². The van der Waals surface area contributed by atoms with Crippen LogP contribution in [0, 0.1) is 0 Å². The maximum atomic E-state index is 8.72. The van der Waals surface area contributed by atoms with Crippen LogP contribution in [-0.2, 0) is 6.54 Å². The highest BCUT2D eigenvalue weighted by Crippen LogP contribution is 2.14. The van der Waals surface area contributed by atoms with Gasteiger partial charge in [0.15, 0.2) is 0 Å². The van der Waals surface area contributed by atoms with Gasteiger partial charge in [-0.3, -0.25) is 0 Å². The summed E-state index contributed by atoms with van der Waals surface area (Å²) in [5.41, 5.74) is 7.85. The van der Waals surface area contributed by atoms with E-state index < -0.39 is 0 Å². The van der Waals surface area contributed by atoms with Crippen molar-refractivity contribution in [1.82, 2.24) is 0 Å². The molecule has 3 nitrogen and oxygen atoms in total. The number of benzene rings is 1. The van der Waals surface area contributed by atoms with Crippen molar-refractivity contribution in [3.05, 3.63) is 29.8 Å². The number of aliphatic hydroxyl groups is 1. The maximum absolute atomic E-state index is 8.72. The van der Waals surface area contributed by atoms with Gasteiger partial charge < -0.3 is 15.7 Å². The lowest BCUT2D eigenvalue weighted by Crippen LogP contribution is -2.19. The predicted molar refractivity (Wildman–Crippen MR) is 59.3 cm³/mol.